The zero-order valence-electron chi connectivity index (χ0n) is 15.5. The van der Waals surface area contributed by atoms with Gasteiger partial charge in [-0.3, -0.25) is 10.3 Å². The van der Waals surface area contributed by atoms with Gasteiger partial charge >= 0.3 is 6.03 Å². The monoisotopic (exact) mass is 477 g/mol. The summed E-state index contributed by atoms with van der Waals surface area (Å²) in [5.41, 5.74) is 1.47. The second-order valence-corrected chi connectivity index (χ2v) is 9.59. The first-order valence-corrected chi connectivity index (χ1v) is 11.4. The van der Waals surface area contributed by atoms with Crippen LogP contribution in [0.5, 0.6) is 0 Å². The molecule has 152 valence electrons. The van der Waals surface area contributed by atoms with E-state index >= 15 is 0 Å². The molecule has 0 aliphatic carbocycles. The predicted octanol–water partition coefficient (Wildman–Crippen LogP) is 3.43. The van der Waals surface area contributed by atoms with Gasteiger partial charge in [-0.2, -0.15) is 4.31 Å². The lowest BCUT2D eigenvalue weighted by molar-refractivity contribution is 0.251. The number of rotatable bonds is 5. The van der Waals surface area contributed by atoms with Crippen molar-refractivity contribution in [2.24, 2.45) is 0 Å². The van der Waals surface area contributed by atoms with Crippen LogP contribution in [0.1, 0.15) is 18.4 Å². The van der Waals surface area contributed by atoms with E-state index < -0.39 is 16.1 Å². The van der Waals surface area contributed by atoms with E-state index in [9.17, 15) is 13.2 Å². The Bertz CT molecular complexity index is 1140. The molecule has 1 fully saturated rings. The molecule has 0 bridgehead atoms. The lowest BCUT2D eigenvalue weighted by Crippen LogP contribution is -2.31. The standard InChI is InChI=1S/C19H20BrN5O3S/c20-14-5-6-16-15(10-14)17(29(27,28)25-8-1-2-9-25)18(23-16)24-19(26)22-12-13-4-3-7-21-11-13/h3-7,10-11,23H,1-2,8-9,12H2,(H2,22,24,26). The lowest BCUT2D eigenvalue weighted by atomic mass is 10.2. The van der Waals surface area contributed by atoms with Gasteiger partial charge in [0.1, 0.15) is 10.7 Å². The summed E-state index contributed by atoms with van der Waals surface area (Å²) in [6.45, 7) is 1.24. The normalized spacial score (nSPS) is 14.9. The number of urea groups is 1. The van der Waals surface area contributed by atoms with Gasteiger partial charge in [-0.25, -0.2) is 13.2 Å². The fourth-order valence-electron chi connectivity index (χ4n) is 3.40. The molecule has 3 N–H and O–H groups in total. The molecule has 3 heterocycles. The number of aromatic nitrogens is 2. The van der Waals surface area contributed by atoms with Gasteiger partial charge in [0.2, 0.25) is 10.0 Å². The smallest absolute Gasteiger partial charge is 0.320 e. The summed E-state index contributed by atoms with van der Waals surface area (Å²) in [5, 5.41) is 5.93. The number of amides is 2. The van der Waals surface area contributed by atoms with Gasteiger partial charge in [-0.15, -0.1) is 0 Å². The molecule has 0 spiro atoms. The molecular weight excluding hydrogens is 458 g/mol. The van der Waals surface area contributed by atoms with Crippen LogP contribution >= 0.6 is 15.9 Å². The number of sulfonamides is 1. The van der Waals surface area contributed by atoms with Crippen molar-refractivity contribution >= 4 is 48.7 Å². The van der Waals surface area contributed by atoms with Crippen LogP contribution in [0, 0.1) is 0 Å². The first-order chi connectivity index (χ1) is 13.9. The molecule has 2 aromatic heterocycles. The maximum atomic E-state index is 13.3. The fourth-order valence-corrected chi connectivity index (χ4v) is 5.56. The summed E-state index contributed by atoms with van der Waals surface area (Å²) >= 11 is 3.40. The summed E-state index contributed by atoms with van der Waals surface area (Å²) in [6.07, 6.45) is 4.98. The maximum Gasteiger partial charge on any atom is 0.320 e. The van der Waals surface area contributed by atoms with Crippen molar-refractivity contribution in [3.63, 3.8) is 0 Å². The van der Waals surface area contributed by atoms with Gasteiger partial charge in [0, 0.05) is 47.4 Å². The first-order valence-electron chi connectivity index (χ1n) is 9.20. The molecule has 8 nitrogen and oxygen atoms in total. The van der Waals surface area contributed by atoms with Crippen molar-refractivity contribution in [1.29, 1.82) is 0 Å². The third-order valence-corrected chi connectivity index (χ3v) is 7.27. The molecule has 2 amide bonds. The second-order valence-electron chi connectivity index (χ2n) is 6.80. The predicted molar refractivity (Wildman–Crippen MR) is 114 cm³/mol. The summed E-state index contributed by atoms with van der Waals surface area (Å²) < 4.78 is 28.9. The van der Waals surface area contributed by atoms with Crippen LogP contribution in [0.4, 0.5) is 10.6 Å². The third-order valence-electron chi connectivity index (χ3n) is 4.79. The molecule has 29 heavy (non-hydrogen) atoms. The number of benzene rings is 1. The number of carbonyl (C=O) groups is 1. The molecule has 0 saturated carbocycles. The molecule has 0 unspecified atom stereocenters. The summed E-state index contributed by atoms with van der Waals surface area (Å²) in [5.74, 6) is 0.161. The number of aromatic amines is 1. The van der Waals surface area contributed by atoms with Crippen LogP contribution in [0.2, 0.25) is 0 Å². The van der Waals surface area contributed by atoms with Crippen LogP contribution in [-0.4, -0.2) is 41.8 Å². The first kappa shape index (κ1) is 19.9. The third kappa shape index (κ3) is 4.14. The van der Waals surface area contributed by atoms with Crippen molar-refractivity contribution in [3.05, 3.63) is 52.8 Å². The van der Waals surface area contributed by atoms with Gasteiger partial charge in [-0.05, 0) is 42.7 Å². The maximum absolute atomic E-state index is 13.3. The fraction of sp³-hybridized carbons (Fsp3) is 0.263. The van der Waals surface area contributed by atoms with Crippen LogP contribution in [0.25, 0.3) is 10.9 Å². The number of anilines is 1. The molecule has 1 saturated heterocycles. The molecule has 1 aromatic carbocycles. The number of carbonyl (C=O) groups excluding carboxylic acids is 1. The van der Waals surface area contributed by atoms with Crippen molar-refractivity contribution < 1.29 is 13.2 Å². The zero-order valence-corrected chi connectivity index (χ0v) is 17.9. The molecule has 1 aliphatic rings. The molecule has 0 atom stereocenters. The van der Waals surface area contributed by atoms with Crippen LogP contribution in [-0.2, 0) is 16.6 Å². The van der Waals surface area contributed by atoms with E-state index in [0.29, 0.717) is 24.0 Å². The lowest BCUT2D eigenvalue weighted by Gasteiger charge is -2.16. The Morgan fingerprint density at radius 3 is 2.76 bits per heavy atom. The van der Waals surface area contributed by atoms with Gasteiger partial charge in [0.05, 0.1) is 0 Å². The molecule has 1 aliphatic heterocycles. The van der Waals surface area contributed by atoms with Gasteiger partial charge in [0.15, 0.2) is 0 Å². The van der Waals surface area contributed by atoms with E-state index in [-0.39, 0.29) is 17.3 Å². The Labute approximate surface area is 176 Å². The van der Waals surface area contributed by atoms with E-state index in [1.54, 1.807) is 30.6 Å². The molecule has 3 aromatic rings. The van der Waals surface area contributed by atoms with Crippen molar-refractivity contribution in [1.82, 2.24) is 19.6 Å². The van der Waals surface area contributed by atoms with Crippen molar-refractivity contribution in [2.45, 2.75) is 24.3 Å². The van der Waals surface area contributed by atoms with E-state index in [0.717, 1.165) is 22.9 Å². The quantitative estimate of drug-likeness (QED) is 0.522. The molecule has 10 heteroatoms. The number of nitrogens with one attached hydrogen (secondary N) is 3. The van der Waals surface area contributed by atoms with E-state index in [2.05, 4.69) is 36.5 Å². The van der Waals surface area contributed by atoms with E-state index in [1.807, 2.05) is 12.1 Å². The summed E-state index contributed by atoms with van der Waals surface area (Å²) in [6, 6.07) is 8.46. The van der Waals surface area contributed by atoms with Crippen molar-refractivity contribution in [3.8, 4) is 0 Å². The highest BCUT2D eigenvalue weighted by atomic mass is 79.9. The largest absolute Gasteiger partial charge is 0.340 e. The average Bonchev–Trinajstić information content (AvgIpc) is 3.35. The number of nitrogens with zero attached hydrogens (tertiary/aromatic N) is 2. The molecule has 4 rings (SSSR count). The van der Waals surface area contributed by atoms with Crippen molar-refractivity contribution in [2.75, 3.05) is 18.4 Å². The number of hydrogen-bond donors (Lipinski definition) is 3. The highest BCUT2D eigenvalue weighted by Crippen LogP contribution is 2.35. The van der Waals surface area contributed by atoms with E-state index in [4.69, 9.17) is 0 Å². The number of fused-ring (bicyclic) bond motifs is 1. The van der Waals surface area contributed by atoms with Crippen LogP contribution < -0.4 is 10.6 Å². The second kappa shape index (κ2) is 8.13. The minimum absolute atomic E-state index is 0.0900. The van der Waals surface area contributed by atoms with Gasteiger partial charge in [0.25, 0.3) is 0 Å². The molecule has 0 radical (unpaired) electrons. The highest BCUT2D eigenvalue weighted by Gasteiger charge is 2.33. The minimum Gasteiger partial charge on any atom is -0.340 e. The molecular formula is C19H20BrN5O3S. The number of H-pyrrole nitrogens is 1. The number of hydrogen-bond acceptors (Lipinski definition) is 4. The summed E-state index contributed by atoms with van der Waals surface area (Å²) in [7, 11) is -3.75. The Balaban J connectivity index is 1.65. The highest BCUT2D eigenvalue weighted by molar-refractivity contribution is 9.10. The summed E-state index contributed by atoms with van der Waals surface area (Å²) in [4.78, 5) is 19.6. The Morgan fingerprint density at radius 1 is 1.24 bits per heavy atom. The average molecular weight is 478 g/mol. The zero-order chi connectivity index (χ0) is 20.4. The topological polar surface area (TPSA) is 107 Å². The minimum atomic E-state index is -3.75. The SMILES string of the molecule is O=C(NCc1cccnc1)Nc1[nH]c2ccc(Br)cc2c1S(=O)(=O)N1CCCC1. The van der Waals surface area contributed by atoms with E-state index in [1.165, 1.54) is 4.31 Å². The van der Waals surface area contributed by atoms with Gasteiger partial charge < -0.3 is 10.3 Å². The Kier molecular flexibility index (Phi) is 5.57. The van der Waals surface area contributed by atoms with Gasteiger partial charge in [-0.1, -0.05) is 22.0 Å². The Hall–Kier alpha value is -2.43. The number of halogens is 1. The van der Waals surface area contributed by atoms with Crippen LogP contribution in [0.15, 0.2) is 52.1 Å². The van der Waals surface area contributed by atoms with Crippen LogP contribution in [0.3, 0.4) is 0 Å². The number of pyridine rings is 1. The Morgan fingerprint density at radius 2 is 2.03 bits per heavy atom.